The second kappa shape index (κ2) is 8.89. The van der Waals surface area contributed by atoms with Gasteiger partial charge in [-0.25, -0.2) is 4.98 Å². The number of nitrogens with zero attached hydrogens (tertiary/aromatic N) is 3. The topological polar surface area (TPSA) is 68.5 Å². The van der Waals surface area contributed by atoms with Gasteiger partial charge in [-0.1, -0.05) is 58.4 Å². The van der Waals surface area contributed by atoms with Crippen LogP contribution in [0.25, 0.3) is 21.5 Å². The van der Waals surface area contributed by atoms with Gasteiger partial charge in [0.1, 0.15) is 17.0 Å². The molecule has 33 heavy (non-hydrogen) atoms. The highest BCUT2D eigenvalue weighted by molar-refractivity contribution is 7.22. The van der Waals surface area contributed by atoms with E-state index < -0.39 is 0 Å². The van der Waals surface area contributed by atoms with E-state index >= 15 is 0 Å². The normalized spacial score (nSPS) is 15.9. The summed E-state index contributed by atoms with van der Waals surface area (Å²) in [6.45, 7) is 6.98. The SMILES string of the molecule is Cc1onc(-c2ccccc2Cl)c1C(=O)N(CC1CCCO1)c1nc2c(C)ccc(C)c2s1. The van der Waals surface area contributed by atoms with E-state index in [1.165, 1.54) is 11.3 Å². The van der Waals surface area contributed by atoms with Crippen LogP contribution in [-0.2, 0) is 4.74 Å². The molecule has 1 aliphatic heterocycles. The highest BCUT2D eigenvalue weighted by Crippen LogP contribution is 2.37. The molecule has 3 heterocycles. The highest BCUT2D eigenvalue weighted by atomic mass is 35.5. The summed E-state index contributed by atoms with van der Waals surface area (Å²) in [5, 5.41) is 5.35. The van der Waals surface area contributed by atoms with Crippen LogP contribution in [0.3, 0.4) is 0 Å². The highest BCUT2D eigenvalue weighted by Gasteiger charge is 2.32. The first-order valence-corrected chi connectivity index (χ1v) is 12.1. The Balaban J connectivity index is 1.62. The summed E-state index contributed by atoms with van der Waals surface area (Å²) in [7, 11) is 0. The Labute approximate surface area is 201 Å². The zero-order valence-corrected chi connectivity index (χ0v) is 20.3. The molecule has 1 aliphatic rings. The smallest absolute Gasteiger partial charge is 0.266 e. The van der Waals surface area contributed by atoms with Crippen molar-refractivity contribution in [1.29, 1.82) is 0 Å². The lowest BCUT2D eigenvalue weighted by Gasteiger charge is -2.23. The minimum Gasteiger partial charge on any atom is -0.376 e. The van der Waals surface area contributed by atoms with Gasteiger partial charge in [0.2, 0.25) is 0 Å². The molecule has 1 unspecified atom stereocenters. The molecule has 5 rings (SSSR count). The fraction of sp³-hybridized carbons (Fsp3) is 0.320. The number of anilines is 1. The van der Waals surface area contributed by atoms with Gasteiger partial charge in [-0.05, 0) is 50.8 Å². The molecule has 0 bridgehead atoms. The van der Waals surface area contributed by atoms with E-state index in [1.807, 2.05) is 25.1 Å². The van der Waals surface area contributed by atoms with Crippen molar-refractivity contribution in [3.8, 4) is 11.3 Å². The first-order valence-electron chi connectivity index (χ1n) is 11.0. The second-order valence-corrected chi connectivity index (χ2v) is 9.75. The summed E-state index contributed by atoms with van der Waals surface area (Å²) in [5.74, 6) is 0.231. The molecular weight excluding hydrogens is 458 g/mol. The predicted molar refractivity (Wildman–Crippen MR) is 131 cm³/mol. The zero-order chi connectivity index (χ0) is 23.1. The van der Waals surface area contributed by atoms with Gasteiger partial charge in [-0.2, -0.15) is 0 Å². The van der Waals surface area contributed by atoms with Crippen molar-refractivity contribution in [3.63, 3.8) is 0 Å². The first-order chi connectivity index (χ1) is 15.9. The van der Waals surface area contributed by atoms with E-state index in [9.17, 15) is 4.79 Å². The van der Waals surface area contributed by atoms with Crippen LogP contribution in [0.4, 0.5) is 5.13 Å². The Bertz CT molecular complexity index is 1300. The molecule has 1 fully saturated rings. The molecule has 0 N–H and O–H groups in total. The fourth-order valence-corrected chi connectivity index (χ4v) is 5.54. The Morgan fingerprint density at radius 1 is 1.18 bits per heavy atom. The summed E-state index contributed by atoms with van der Waals surface area (Å²) in [4.78, 5) is 20.7. The van der Waals surface area contributed by atoms with E-state index in [-0.39, 0.29) is 12.0 Å². The molecule has 1 atom stereocenters. The van der Waals surface area contributed by atoms with Crippen LogP contribution >= 0.6 is 22.9 Å². The van der Waals surface area contributed by atoms with Gasteiger partial charge < -0.3 is 9.26 Å². The molecule has 0 radical (unpaired) electrons. The van der Waals surface area contributed by atoms with Crippen molar-refractivity contribution in [2.45, 2.75) is 39.7 Å². The fourth-order valence-electron chi connectivity index (χ4n) is 4.20. The Kier molecular flexibility index (Phi) is 5.95. The number of hydrogen-bond acceptors (Lipinski definition) is 6. The molecule has 0 spiro atoms. The van der Waals surface area contributed by atoms with Crippen molar-refractivity contribution in [1.82, 2.24) is 10.1 Å². The minimum absolute atomic E-state index is 0.0351. The number of amides is 1. The summed E-state index contributed by atoms with van der Waals surface area (Å²) < 4.78 is 12.4. The third kappa shape index (κ3) is 4.05. The van der Waals surface area contributed by atoms with E-state index in [4.69, 9.17) is 25.8 Å². The summed E-state index contributed by atoms with van der Waals surface area (Å²) in [6, 6.07) is 11.5. The average molecular weight is 482 g/mol. The van der Waals surface area contributed by atoms with Gasteiger partial charge >= 0.3 is 0 Å². The number of carbonyl (C=O) groups excluding carboxylic acids is 1. The molecule has 2 aromatic heterocycles. The second-order valence-electron chi connectivity index (χ2n) is 8.37. The Morgan fingerprint density at radius 3 is 2.70 bits per heavy atom. The molecule has 1 amide bonds. The zero-order valence-electron chi connectivity index (χ0n) is 18.7. The maximum Gasteiger partial charge on any atom is 0.266 e. The van der Waals surface area contributed by atoms with Gasteiger partial charge in [0.25, 0.3) is 5.91 Å². The van der Waals surface area contributed by atoms with Crippen LogP contribution in [0.15, 0.2) is 40.9 Å². The van der Waals surface area contributed by atoms with E-state index in [2.05, 4.69) is 24.2 Å². The van der Waals surface area contributed by atoms with Crippen LogP contribution in [0.5, 0.6) is 0 Å². The van der Waals surface area contributed by atoms with Crippen molar-refractivity contribution < 1.29 is 14.1 Å². The van der Waals surface area contributed by atoms with Gasteiger partial charge in [0, 0.05) is 12.2 Å². The number of aromatic nitrogens is 2. The van der Waals surface area contributed by atoms with E-state index in [1.54, 1.807) is 17.9 Å². The summed E-state index contributed by atoms with van der Waals surface area (Å²) >= 11 is 7.96. The third-order valence-corrected chi connectivity index (χ3v) is 7.57. The number of ether oxygens (including phenoxy) is 1. The Morgan fingerprint density at radius 2 is 1.97 bits per heavy atom. The molecular formula is C25H24ClN3O3S. The molecule has 6 nitrogen and oxygen atoms in total. The maximum absolute atomic E-state index is 14.1. The van der Waals surface area contributed by atoms with Crippen LogP contribution in [0, 0.1) is 20.8 Å². The molecule has 8 heteroatoms. The quantitative estimate of drug-likeness (QED) is 0.332. The van der Waals surface area contributed by atoms with Crippen LogP contribution in [-0.4, -0.2) is 35.3 Å². The molecule has 2 aromatic carbocycles. The van der Waals surface area contributed by atoms with E-state index in [0.717, 1.165) is 34.2 Å². The molecule has 0 aliphatic carbocycles. The largest absolute Gasteiger partial charge is 0.376 e. The van der Waals surface area contributed by atoms with Crippen LogP contribution < -0.4 is 4.90 Å². The summed E-state index contributed by atoms with van der Waals surface area (Å²) in [6.07, 6.45) is 1.86. The number of hydrogen-bond donors (Lipinski definition) is 0. The average Bonchev–Trinajstić information content (AvgIpc) is 3.55. The van der Waals surface area contributed by atoms with Crippen molar-refractivity contribution in [2.24, 2.45) is 0 Å². The molecule has 170 valence electrons. The van der Waals surface area contributed by atoms with E-state index in [0.29, 0.717) is 45.9 Å². The first kappa shape index (κ1) is 22.1. The standard InChI is InChI=1S/C25H24ClN3O3S/c1-14-10-11-15(2)23-21(14)27-25(33-23)29(13-17-7-6-12-31-17)24(30)20-16(3)32-28-22(20)18-8-4-5-9-19(18)26/h4-5,8-11,17H,6-7,12-13H2,1-3H3. The van der Waals surface area contributed by atoms with Gasteiger partial charge in [0.05, 0.1) is 27.9 Å². The lowest BCUT2D eigenvalue weighted by atomic mass is 10.0. The summed E-state index contributed by atoms with van der Waals surface area (Å²) in [5.41, 5.74) is 4.64. The van der Waals surface area contributed by atoms with Crippen molar-refractivity contribution in [3.05, 3.63) is 63.9 Å². The maximum atomic E-state index is 14.1. The minimum atomic E-state index is -0.214. The van der Waals surface area contributed by atoms with Gasteiger partial charge in [-0.3, -0.25) is 9.69 Å². The lowest BCUT2D eigenvalue weighted by Crippen LogP contribution is -2.37. The number of carbonyl (C=O) groups is 1. The third-order valence-electron chi connectivity index (χ3n) is 6.02. The molecule has 4 aromatic rings. The lowest BCUT2D eigenvalue weighted by molar-refractivity contribution is 0.0916. The Hall–Kier alpha value is -2.74. The number of thiazole rings is 1. The number of benzene rings is 2. The monoisotopic (exact) mass is 481 g/mol. The van der Waals surface area contributed by atoms with Crippen LogP contribution in [0.1, 0.15) is 40.1 Å². The molecule has 0 saturated carbocycles. The number of rotatable bonds is 5. The van der Waals surface area contributed by atoms with Crippen molar-refractivity contribution >= 4 is 44.2 Å². The number of fused-ring (bicyclic) bond motifs is 1. The van der Waals surface area contributed by atoms with Crippen molar-refractivity contribution in [2.75, 3.05) is 18.1 Å². The molecule has 1 saturated heterocycles. The number of halogens is 1. The number of aryl methyl sites for hydroxylation is 3. The van der Waals surface area contributed by atoms with Crippen LogP contribution in [0.2, 0.25) is 5.02 Å². The van der Waals surface area contributed by atoms with Gasteiger partial charge in [-0.15, -0.1) is 0 Å². The van der Waals surface area contributed by atoms with Gasteiger partial charge in [0.15, 0.2) is 5.13 Å². The predicted octanol–water partition coefficient (Wildman–Crippen LogP) is 6.36.